The minimum absolute atomic E-state index is 0.227. The summed E-state index contributed by atoms with van der Waals surface area (Å²) < 4.78 is 0. The maximum Gasteiger partial charge on any atom is 0.250 e. The molecule has 0 unspecified atom stereocenters. The zero-order valence-corrected chi connectivity index (χ0v) is 15.2. The Kier molecular flexibility index (Phi) is 5.07. The zero-order valence-electron chi connectivity index (χ0n) is 15.2. The number of nitrogen functional groups attached to an aromatic ring is 1. The van der Waals surface area contributed by atoms with Gasteiger partial charge >= 0.3 is 0 Å². The van der Waals surface area contributed by atoms with E-state index in [1.807, 2.05) is 24.3 Å². The minimum Gasteiger partial charge on any atom is -0.402 e. The Balaban J connectivity index is 2.04. The first-order valence-corrected chi connectivity index (χ1v) is 8.34. The largest absolute Gasteiger partial charge is 0.402 e. The second-order valence-corrected chi connectivity index (χ2v) is 6.10. The predicted molar refractivity (Wildman–Crippen MR) is 111 cm³/mol. The van der Waals surface area contributed by atoms with E-state index in [0.29, 0.717) is 28.7 Å². The van der Waals surface area contributed by atoms with Crippen LogP contribution < -0.4 is 28.3 Å². The quantitative estimate of drug-likeness (QED) is 0.257. The normalized spacial score (nSPS) is 12.2. The highest BCUT2D eigenvalue weighted by Crippen LogP contribution is 2.26. The van der Waals surface area contributed by atoms with Gasteiger partial charge in [-0.05, 0) is 43.3 Å². The van der Waals surface area contributed by atoms with Crippen LogP contribution in [0.25, 0.3) is 10.9 Å². The SMILES string of the molecule is C/C(N)=C/C(N)=Nc1nc(Nc2ccc(C(N)=O)c(N)c2)nc2ccccc12. The number of amidine groups is 1. The Morgan fingerprint density at radius 1 is 1.11 bits per heavy atom. The van der Waals surface area contributed by atoms with Crippen molar-refractivity contribution in [3.05, 3.63) is 59.8 Å². The standard InChI is InChI=1S/C19H20N8O/c1-10(20)8-16(22)26-18-13-4-2-3-5-15(13)25-19(27-18)24-11-6-7-12(17(23)28)14(21)9-11/h2-9H,20-21H2,1H3,(H2,23,28)(H3,22,24,25,26,27)/b10-8-. The topological polar surface area (TPSA) is 171 Å². The number of para-hydroxylation sites is 1. The Labute approximate surface area is 161 Å². The van der Waals surface area contributed by atoms with Crippen LogP contribution in [0.5, 0.6) is 0 Å². The van der Waals surface area contributed by atoms with Crippen LogP contribution in [-0.4, -0.2) is 21.7 Å². The molecule has 3 aromatic rings. The smallest absolute Gasteiger partial charge is 0.250 e. The Hall–Kier alpha value is -4.14. The van der Waals surface area contributed by atoms with Gasteiger partial charge in [0.05, 0.1) is 11.1 Å². The van der Waals surface area contributed by atoms with Gasteiger partial charge in [-0.15, -0.1) is 0 Å². The third-order valence-corrected chi connectivity index (χ3v) is 3.77. The fourth-order valence-electron chi connectivity index (χ4n) is 2.58. The van der Waals surface area contributed by atoms with Crippen LogP contribution in [0.1, 0.15) is 17.3 Å². The van der Waals surface area contributed by atoms with Crippen molar-refractivity contribution in [2.45, 2.75) is 6.92 Å². The summed E-state index contributed by atoms with van der Waals surface area (Å²) in [7, 11) is 0. The number of aliphatic imine (C=N–C) groups is 1. The van der Waals surface area contributed by atoms with Gasteiger partial charge in [0, 0.05) is 22.5 Å². The number of benzene rings is 2. The summed E-state index contributed by atoms with van der Waals surface area (Å²) in [6, 6.07) is 12.2. The monoisotopic (exact) mass is 376 g/mol. The summed E-state index contributed by atoms with van der Waals surface area (Å²) >= 11 is 0. The third kappa shape index (κ3) is 4.15. The van der Waals surface area contributed by atoms with E-state index in [4.69, 9.17) is 22.9 Å². The molecule has 9 heteroatoms. The van der Waals surface area contributed by atoms with E-state index < -0.39 is 5.91 Å². The van der Waals surface area contributed by atoms with Crippen LogP contribution in [0.15, 0.2) is 59.2 Å². The van der Waals surface area contributed by atoms with Crippen LogP contribution in [0.4, 0.5) is 23.1 Å². The summed E-state index contributed by atoms with van der Waals surface area (Å²) in [6.45, 7) is 1.72. The Morgan fingerprint density at radius 3 is 2.54 bits per heavy atom. The lowest BCUT2D eigenvalue weighted by Gasteiger charge is -2.10. The second kappa shape index (κ2) is 7.62. The molecule has 1 aromatic heterocycles. The molecule has 1 heterocycles. The number of nitrogens with one attached hydrogen (secondary N) is 1. The molecule has 142 valence electrons. The van der Waals surface area contributed by atoms with Crippen molar-refractivity contribution in [2.75, 3.05) is 11.1 Å². The number of allylic oxidation sites excluding steroid dienone is 1. The molecule has 0 saturated heterocycles. The molecule has 28 heavy (non-hydrogen) atoms. The molecule has 0 saturated carbocycles. The number of hydrogen-bond donors (Lipinski definition) is 5. The fraction of sp³-hybridized carbons (Fsp3) is 0.0526. The molecule has 0 aliphatic heterocycles. The number of primary amides is 1. The summed E-state index contributed by atoms with van der Waals surface area (Å²) in [5, 5.41) is 3.79. The van der Waals surface area contributed by atoms with Gasteiger partial charge in [0.15, 0.2) is 5.82 Å². The number of rotatable bonds is 5. The molecule has 1 amide bonds. The number of anilines is 3. The van der Waals surface area contributed by atoms with Crippen molar-refractivity contribution in [2.24, 2.45) is 22.2 Å². The summed E-state index contributed by atoms with van der Waals surface area (Å²) in [6.07, 6.45) is 1.55. The average molecular weight is 376 g/mol. The van der Waals surface area contributed by atoms with Crippen LogP contribution in [0.3, 0.4) is 0 Å². The van der Waals surface area contributed by atoms with E-state index in [-0.39, 0.29) is 17.1 Å². The van der Waals surface area contributed by atoms with Gasteiger partial charge in [0.2, 0.25) is 5.95 Å². The first kappa shape index (κ1) is 18.6. The number of carbonyl (C=O) groups excluding carboxylic acids is 1. The summed E-state index contributed by atoms with van der Waals surface area (Å²) in [4.78, 5) is 24.6. The number of aromatic nitrogens is 2. The Bertz CT molecular complexity index is 1120. The summed E-state index contributed by atoms with van der Waals surface area (Å²) in [5.74, 6) is 0.320. The number of amides is 1. The molecule has 0 aliphatic carbocycles. The van der Waals surface area contributed by atoms with E-state index in [0.717, 1.165) is 5.39 Å². The molecule has 2 aromatic carbocycles. The number of nitrogens with zero attached hydrogens (tertiary/aromatic N) is 3. The van der Waals surface area contributed by atoms with Crippen LogP contribution in [-0.2, 0) is 0 Å². The van der Waals surface area contributed by atoms with Gasteiger partial charge in [-0.2, -0.15) is 4.98 Å². The fourth-order valence-corrected chi connectivity index (χ4v) is 2.58. The van der Waals surface area contributed by atoms with Crippen molar-refractivity contribution in [3.63, 3.8) is 0 Å². The van der Waals surface area contributed by atoms with Gasteiger partial charge in [-0.25, -0.2) is 9.98 Å². The first-order chi connectivity index (χ1) is 13.3. The molecule has 0 atom stereocenters. The second-order valence-electron chi connectivity index (χ2n) is 6.10. The van der Waals surface area contributed by atoms with Crippen molar-refractivity contribution in [3.8, 4) is 0 Å². The Morgan fingerprint density at radius 2 is 1.86 bits per heavy atom. The van der Waals surface area contributed by atoms with Crippen LogP contribution >= 0.6 is 0 Å². The van der Waals surface area contributed by atoms with E-state index in [2.05, 4.69) is 20.3 Å². The highest BCUT2D eigenvalue weighted by atomic mass is 16.1. The maximum absolute atomic E-state index is 11.3. The molecule has 3 rings (SSSR count). The molecular formula is C19H20N8O. The van der Waals surface area contributed by atoms with Gasteiger partial charge in [-0.1, -0.05) is 12.1 Å². The number of carbonyl (C=O) groups is 1. The molecule has 0 aliphatic rings. The lowest BCUT2D eigenvalue weighted by atomic mass is 10.1. The van der Waals surface area contributed by atoms with Crippen LogP contribution in [0, 0.1) is 0 Å². The van der Waals surface area contributed by atoms with E-state index in [1.165, 1.54) is 6.07 Å². The number of hydrogen-bond acceptors (Lipinski definition) is 7. The van der Waals surface area contributed by atoms with Gasteiger partial charge in [0.1, 0.15) is 5.84 Å². The van der Waals surface area contributed by atoms with Gasteiger partial charge in [0.25, 0.3) is 5.91 Å². The van der Waals surface area contributed by atoms with Gasteiger partial charge < -0.3 is 28.3 Å². The average Bonchev–Trinajstić information content (AvgIpc) is 2.60. The molecule has 0 spiro atoms. The summed E-state index contributed by atoms with van der Waals surface area (Å²) in [5.41, 5.74) is 25.0. The molecule has 9 N–H and O–H groups in total. The van der Waals surface area contributed by atoms with E-state index in [1.54, 1.807) is 25.1 Å². The highest BCUT2D eigenvalue weighted by molar-refractivity contribution is 5.99. The van der Waals surface area contributed by atoms with E-state index >= 15 is 0 Å². The van der Waals surface area contributed by atoms with Crippen LogP contribution in [0.2, 0.25) is 0 Å². The maximum atomic E-state index is 11.3. The van der Waals surface area contributed by atoms with Gasteiger partial charge in [-0.3, -0.25) is 4.79 Å². The first-order valence-electron chi connectivity index (χ1n) is 8.34. The lowest BCUT2D eigenvalue weighted by Crippen LogP contribution is -2.13. The zero-order chi connectivity index (χ0) is 20.3. The molecule has 0 bridgehead atoms. The van der Waals surface area contributed by atoms with Crippen molar-refractivity contribution in [1.29, 1.82) is 0 Å². The number of fused-ring (bicyclic) bond motifs is 1. The van der Waals surface area contributed by atoms with Crippen molar-refractivity contribution in [1.82, 2.24) is 9.97 Å². The number of nitrogens with two attached hydrogens (primary N) is 4. The van der Waals surface area contributed by atoms with E-state index in [9.17, 15) is 4.79 Å². The highest BCUT2D eigenvalue weighted by Gasteiger charge is 2.10. The minimum atomic E-state index is -0.596. The lowest BCUT2D eigenvalue weighted by molar-refractivity contribution is 0.100. The predicted octanol–water partition coefficient (Wildman–Crippen LogP) is 1.91. The molecule has 0 fully saturated rings. The molecular weight excluding hydrogens is 356 g/mol. The third-order valence-electron chi connectivity index (χ3n) is 3.77. The molecule has 9 nitrogen and oxygen atoms in total. The van der Waals surface area contributed by atoms with Crippen molar-refractivity contribution < 1.29 is 4.79 Å². The van der Waals surface area contributed by atoms with Crippen molar-refractivity contribution >= 4 is 45.8 Å². The molecule has 0 radical (unpaired) electrons.